The Morgan fingerprint density at radius 2 is 1.87 bits per heavy atom. The van der Waals surface area contributed by atoms with E-state index < -0.39 is 59.6 Å². The first-order valence-corrected chi connectivity index (χ1v) is 19.5. The third kappa shape index (κ3) is 8.33. The second-order valence-electron chi connectivity index (χ2n) is 14.9. The number of likely N-dealkylation sites (tertiary alicyclic amines) is 1. The lowest BCUT2D eigenvalue weighted by Crippen LogP contribution is -2.59. The van der Waals surface area contributed by atoms with Crippen molar-refractivity contribution in [3.63, 3.8) is 0 Å². The summed E-state index contributed by atoms with van der Waals surface area (Å²) in [6.45, 7) is 17.1. The maximum Gasteiger partial charge on any atom is 0.313 e. The Morgan fingerprint density at radius 3 is 2.50 bits per heavy atom. The van der Waals surface area contributed by atoms with E-state index in [1.807, 2.05) is 44.2 Å². The summed E-state index contributed by atoms with van der Waals surface area (Å²) in [5.74, 6) is -3.44. The van der Waals surface area contributed by atoms with Gasteiger partial charge in [0.1, 0.15) is 17.7 Å². The molecule has 4 fully saturated rings. The van der Waals surface area contributed by atoms with Crippen LogP contribution in [0.3, 0.4) is 0 Å². The van der Waals surface area contributed by atoms with Gasteiger partial charge in [-0.2, -0.15) is 0 Å². The zero-order valence-corrected chi connectivity index (χ0v) is 32.2. The number of nitrogens with zero attached hydrogens (tertiary/aromatic N) is 3. The second kappa shape index (κ2) is 17.8. The number of halogens is 1. The average Bonchev–Trinajstić information content (AvgIpc) is 3.73. The number of allylic oxidation sites excluding steroid dienone is 1. The zero-order valence-electron chi connectivity index (χ0n) is 30.7. The predicted molar refractivity (Wildman–Crippen MR) is 199 cm³/mol. The van der Waals surface area contributed by atoms with Crippen LogP contribution < -0.4 is 5.32 Å². The maximum absolute atomic E-state index is 14.9. The molecule has 3 amide bonds. The predicted octanol–water partition coefficient (Wildman–Crippen LogP) is 3.24. The Labute approximate surface area is 316 Å². The normalized spacial score (nSPS) is 28.6. The first-order chi connectivity index (χ1) is 25.0. The molecule has 1 spiro atoms. The molecule has 1 unspecified atom stereocenters. The third-order valence-corrected chi connectivity index (χ3v) is 11.7. The largest absolute Gasteiger partial charge is 0.455 e. The average molecular weight is 788 g/mol. The molecule has 52 heavy (non-hydrogen) atoms. The van der Waals surface area contributed by atoms with E-state index in [9.17, 15) is 24.3 Å². The molecule has 13 heteroatoms. The van der Waals surface area contributed by atoms with Crippen molar-refractivity contribution in [2.75, 3.05) is 52.5 Å². The van der Waals surface area contributed by atoms with Crippen LogP contribution in [0.4, 0.5) is 0 Å². The summed E-state index contributed by atoms with van der Waals surface area (Å²) in [7, 11) is 0. The highest BCUT2D eigenvalue weighted by atomic mass is 79.9. The number of morpholine rings is 1. The van der Waals surface area contributed by atoms with Crippen LogP contribution in [0.15, 0.2) is 55.6 Å². The molecule has 5 rings (SSSR count). The van der Waals surface area contributed by atoms with Crippen LogP contribution in [0.5, 0.6) is 0 Å². The number of alkyl halides is 1. The van der Waals surface area contributed by atoms with Gasteiger partial charge >= 0.3 is 5.97 Å². The molecule has 12 nitrogen and oxygen atoms in total. The number of fused-ring (bicyclic) bond motifs is 1. The third-order valence-electron chi connectivity index (χ3n) is 10.8. The number of aliphatic hydroxyl groups is 1. The van der Waals surface area contributed by atoms with Gasteiger partial charge in [-0.1, -0.05) is 72.3 Å². The van der Waals surface area contributed by atoms with Crippen LogP contribution >= 0.6 is 15.9 Å². The first kappa shape index (κ1) is 40.1. The number of hydrogen-bond acceptors (Lipinski definition) is 9. The number of esters is 1. The van der Waals surface area contributed by atoms with Crippen molar-refractivity contribution < 1.29 is 38.5 Å². The van der Waals surface area contributed by atoms with E-state index in [0.29, 0.717) is 51.1 Å². The Balaban J connectivity index is 1.48. The monoisotopic (exact) mass is 786 g/mol. The molecule has 0 saturated carbocycles. The van der Waals surface area contributed by atoms with Crippen LogP contribution in [0.1, 0.15) is 58.1 Å². The number of rotatable bonds is 18. The van der Waals surface area contributed by atoms with Gasteiger partial charge in [-0.05, 0) is 37.7 Å². The highest BCUT2D eigenvalue weighted by Gasteiger charge is 2.77. The summed E-state index contributed by atoms with van der Waals surface area (Å²) in [6.07, 6.45) is 3.29. The molecule has 2 N–H and O–H groups in total. The number of ether oxygens (including phenoxy) is 3. The molecule has 286 valence electrons. The van der Waals surface area contributed by atoms with Crippen LogP contribution in [0.25, 0.3) is 0 Å². The van der Waals surface area contributed by atoms with E-state index >= 15 is 0 Å². The quantitative estimate of drug-likeness (QED) is 0.131. The second-order valence-corrected chi connectivity index (χ2v) is 16.0. The van der Waals surface area contributed by atoms with E-state index in [1.165, 1.54) is 4.90 Å². The zero-order chi connectivity index (χ0) is 37.6. The number of amides is 3. The summed E-state index contributed by atoms with van der Waals surface area (Å²) in [5.41, 5.74) is -0.640. The first-order valence-electron chi connectivity index (χ1n) is 18.6. The van der Waals surface area contributed by atoms with Gasteiger partial charge in [0.05, 0.1) is 49.8 Å². The van der Waals surface area contributed by atoms with Gasteiger partial charge in [-0.15, -0.1) is 13.2 Å². The molecule has 4 aliphatic heterocycles. The van der Waals surface area contributed by atoms with Crippen molar-refractivity contribution in [3.05, 3.63) is 61.2 Å². The van der Waals surface area contributed by atoms with Crippen molar-refractivity contribution in [1.82, 2.24) is 20.0 Å². The maximum atomic E-state index is 14.9. The minimum absolute atomic E-state index is 0.112. The van der Waals surface area contributed by atoms with E-state index in [1.54, 1.807) is 24.0 Å². The molecule has 1 aromatic carbocycles. The van der Waals surface area contributed by atoms with Crippen molar-refractivity contribution in [3.8, 4) is 0 Å². The van der Waals surface area contributed by atoms with Gasteiger partial charge in [0.2, 0.25) is 17.7 Å². The fourth-order valence-corrected chi connectivity index (χ4v) is 9.42. The smallest absolute Gasteiger partial charge is 0.313 e. The van der Waals surface area contributed by atoms with E-state index in [-0.39, 0.29) is 42.1 Å². The molecule has 4 heterocycles. The van der Waals surface area contributed by atoms with Gasteiger partial charge in [0.25, 0.3) is 0 Å². The molecule has 0 aliphatic carbocycles. The number of benzene rings is 1. The van der Waals surface area contributed by atoms with Crippen LogP contribution in [0, 0.1) is 17.8 Å². The van der Waals surface area contributed by atoms with E-state index in [0.717, 1.165) is 13.1 Å². The number of carbonyl (C=O) groups is 4. The summed E-state index contributed by atoms with van der Waals surface area (Å²) in [6, 6.07) is 6.85. The van der Waals surface area contributed by atoms with Crippen LogP contribution in [0.2, 0.25) is 0 Å². The fourth-order valence-electron chi connectivity index (χ4n) is 8.48. The van der Waals surface area contributed by atoms with Crippen molar-refractivity contribution in [2.45, 2.75) is 87.2 Å². The Bertz CT molecular complexity index is 1440. The molecule has 1 aromatic rings. The summed E-state index contributed by atoms with van der Waals surface area (Å²) in [4.78, 5) is 62.1. The molecule has 2 bridgehead atoms. The minimum atomic E-state index is -1.33. The number of carbonyl (C=O) groups excluding carboxylic acids is 4. The van der Waals surface area contributed by atoms with E-state index in [4.69, 9.17) is 14.2 Å². The van der Waals surface area contributed by atoms with Crippen molar-refractivity contribution in [2.24, 2.45) is 17.8 Å². The molecular formula is C39H55BrN4O8. The van der Waals surface area contributed by atoms with Gasteiger partial charge < -0.3 is 34.4 Å². The van der Waals surface area contributed by atoms with Crippen LogP contribution in [-0.4, -0.2) is 131 Å². The molecule has 0 radical (unpaired) electrons. The standard InChI is InChI=1S/C39H55BrN4O8/c1-6-8-14-30(46)41-26(5)33(27-12-10-9-11-13-27)51-38(49)31-32-36(47)44(28(24-45)22-25(3)4)35(39(32)23-29(40)34(31)52-39)37(48)43(15-7-2)17-16-42-18-20-50-21-19-42/h6-7,9-13,25-26,28-29,31-35,45H,1-2,8,14-24H2,3-5H3,(H,41,46)/t26-,28+,29?,31+,32-,33-,34+,35+,39-/m0/s1. The van der Waals surface area contributed by atoms with Crippen molar-refractivity contribution in [1.29, 1.82) is 0 Å². The summed E-state index contributed by atoms with van der Waals surface area (Å²) < 4.78 is 18.6. The number of hydrogen-bond donors (Lipinski definition) is 2. The van der Waals surface area contributed by atoms with Crippen molar-refractivity contribution >= 4 is 39.6 Å². The topological polar surface area (TPSA) is 138 Å². The van der Waals surface area contributed by atoms with E-state index in [2.05, 4.69) is 39.3 Å². The highest BCUT2D eigenvalue weighted by Crippen LogP contribution is 2.61. The SMILES string of the molecule is C=CCCC(=O)N[C@@H](C)[C@H](OC(=O)[C@H]1[C@@H]2O[C@@]3(CC2Br)[C@@H]1C(=O)N([C@@H](CO)CC(C)C)[C@@H]3C(=O)N(CC=C)CCN1CCOCC1)c1ccccc1. The molecular weight excluding hydrogens is 732 g/mol. The summed E-state index contributed by atoms with van der Waals surface area (Å²) in [5, 5.41) is 13.7. The van der Waals surface area contributed by atoms with Gasteiger partial charge in [-0.3, -0.25) is 24.1 Å². The van der Waals surface area contributed by atoms with Gasteiger partial charge in [0.15, 0.2) is 0 Å². The Hall–Kier alpha value is -3.10. The lowest BCUT2D eigenvalue weighted by atomic mass is 9.70. The molecule has 4 saturated heterocycles. The van der Waals surface area contributed by atoms with Gasteiger partial charge in [-0.25, -0.2) is 0 Å². The summed E-state index contributed by atoms with van der Waals surface area (Å²) >= 11 is 3.76. The molecule has 9 atom stereocenters. The lowest BCUT2D eigenvalue weighted by Gasteiger charge is -2.40. The fraction of sp³-hybridized carbons (Fsp3) is 0.641. The lowest BCUT2D eigenvalue weighted by molar-refractivity contribution is -0.162. The highest BCUT2D eigenvalue weighted by molar-refractivity contribution is 9.09. The Morgan fingerprint density at radius 1 is 1.15 bits per heavy atom. The molecule has 0 aromatic heterocycles. The number of aliphatic hydroxyl groups excluding tert-OH is 1. The van der Waals surface area contributed by atoms with Crippen LogP contribution in [-0.2, 0) is 33.4 Å². The molecule has 4 aliphatic rings. The minimum Gasteiger partial charge on any atom is -0.455 e. The number of nitrogens with one attached hydrogen (secondary N) is 1. The van der Waals surface area contributed by atoms with Gasteiger partial charge in [0, 0.05) is 44.0 Å². The Kier molecular flexibility index (Phi) is 13.7.